The highest BCUT2D eigenvalue weighted by atomic mass is 32.1. The molecule has 0 unspecified atom stereocenters. The average Bonchev–Trinajstić information content (AvgIpc) is 3.26. The number of imidazole rings is 1. The first kappa shape index (κ1) is 17.0. The minimum Gasteiger partial charge on any atom is -0.358 e. The fourth-order valence-corrected chi connectivity index (χ4v) is 3.54. The molecule has 138 valence electrons. The topological polar surface area (TPSA) is 119 Å². The maximum absolute atomic E-state index is 12.0. The standard InChI is InChI=1S/C14H16N6O5S/c1-7-15-4-12(20(22)23)18(7)5-11-16-19(14(26)17(11)2)8-3-9(21)13-24-6-10(8)25-13/h4,8,10,13H,3,5-6H2,1-2H3/t8-,10+,13+/m1/s1. The van der Waals surface area contributed by atoms with Crippen LogP contribution in [0.4, 0.5) is 5.82 Å². The van der Waals surface area contributed by atoms with Gasteiger partial charge in [-0.1, -0.05) is 0 Å². The van der Waals surface area contributed by atoms with Crippen LogP contribution >= 0.6 is 12.2 Å². The predicted octanol–water partition coefficient (Wildman–Crippen LogP) is 0.668. The lowest BCUT2D eigenvalue weighted by molar-refractivity contribution is -0.392. The van der Waals surface area contributed by atoms with Gasteiger partial charge in [0.05, 0.1) is 12.6 Å². The van der Waals surface area contributed by atoms with Gasteiger partial charge in [0, 0.05) is 20.4 Å². The van der Waals surface area contributed by atoms with Crippen LogP contribution < -0.4 is 0 Å². The van der Waals surface area contributed by atoms with Gasteiger partial charge in [0.1, 0.15) is 12.3 Å². The first-order chi connectivity index (χ1) is 12.4. The lowest BCUT2D eigenvalue weighted by atomic mass is 10.0. The second-order valence-corrected chi connectivity index (χ2v) is 6.65. The van der Waals surface area contributed by atoms with E-state index in [-0.39, 0.29) is 36.7 Å². The summed E-state index contributed by atoms with van der Waals surface area (Å²) in [7, 11) is 1.73. The Hall–Kier alpha value is -2.44. The summed E-state index contributed by atoms with van der Waals surface area (Å²) < 4.78 is 16.0. The molecule has 0 spiro atoms. The predicted molar refractivity (Wildman–Crippen MR) is 88.0 cm³/mol. The molecule has 4 rings (SSSR count). The Bertz CT molecular complexity index is 962. The smallest absolute Gasteiger partial charge is 0.343 e. The number of carbonyl (C=O) groups is 1. The minimum atomic E-state index is -0.787. The fraction of sp³-hybridized carbons (Fsp3) is 0.571. The van der Waals surface area contributed by atoms with E-state index in [9.17, 15) is 14.9 Å². The van der Waals surface area contributed by atoms with Gasteiger partial charge in [0.25, 0.3) is 0 Å². The molecule has 2 fully saturated rings. The van der Waals surface area contributed by atoms with Crippen molar-refractivity contribution >= 4 is 23.8 Å². The lowest BCUT2D eigenvalue weighted by Gasteiger charge is -2.26. The zero-order valence-corrected chi connectivity index (χ0v) is 14.9. The number of hydrogen-bond donors (Lipinski definition) is 0. The monoisotopic (exact) mass is 380 g/mol. The van der Waals surface area contributed by atoms with Crippen LogP contribution in [-0.2, 0) is 27.9 Å². The largest absolute Gasteiger partial charge is 0.358 e. The number of ether oxygens (including phenoxy) is 2. The highest BCUT2D eigenvalue weighted by Gasteiger charge is 2.45. The summed E-state index contributed by atoms with van der Waals surface area (Å²) in [6.07, 6.45) is 0.357. The number of fused-ring (bicyclic) bond motifs is 2. The highest BCUT2D eigenvalue weighted by molar-refractivity contribution is 7.71. The van der Waals surface area contributed by atoms with Crippen molar-refractivity contribution in [2.45, 2.75) is 38.3 Å². The highest BCUT2D eigenvalue weighted by Crippen LogP contribution is 2.33. The normalized spacial score (nSPS) is 25.0. The molecule has 11 nitrogen and oxygen atoms in total. The number of Topliss-reactive ketones (excluding diaryl/α,β-unsaturated/α-hetero) is 1. The van der Waals surface area contributed by atoms with E-state index in [1.165, 1.54) is 10.8 Å². The molecule has 12 heteroatoms. The maximum Gasteiger partial charge on any atom is 0.343 e. The van der Waals surface area contributed by atoms with E-state index in [1.807, 2.05) is 0 Å². The van der Waals surface area contributed by atoms with Crippen molar-refractivity contribution in [3.8, 4) is 0 Å². The Morgan fingerprint density at radius 2 is 2.27 bits per heavy atom. The Kier molecular flexibility index (Phi) is 3.97. The van der Waals surface area contributed by atoms with Gasteiger partial charge in [-0.3, -0.25) is 4.79 Å². The van der Waals surface area contributed by atoms with Crippen molar-refractivity contribution in [3.63, 3.8) is 0 Å². The van der Waals surface area contributed by atoms with Crippen LogP contribution in [0, 0.1) is 21.8 Å². The van der Waals surface area contributed by atoms with Crippen molar-refractivity contribution in [3.05, 3.63) is 32.7 Å². The summed E-state index contributed by atoms with van der Waals surface area (Å²) in [5.74, 6) is 0.762. The Morgan fingerprint density at radius 1 is 1.50 bits per heavy atom. The third-order valence-corrected chi connectivity index (χ3v) is 5.20. The van der Waals surface area contributed by atoms with Crippen molar-refractivity contribution in [1.29, 1.82) is 0 Å². The van der Waals surface area contributed by atoms with E-state index in [0.717, 1.165) is 0 Å². The van der Waals surface area contributed by atoms with Gasteiger partial charge in [-0.05, 0) is 17.1 Å². The molecule has 0 aromatic carbocycles. The average molecular weight is 380 g/mol. The third-order valence-electron chi connectivity index (χ3n) is 4.74. The Morgan fingerprint density at radius 3 is 3.00 bits per heavy atom. The van der Waals surface area contributed by atoms with Crippen molar-refractivity contribution in [2.75, 3.05) is 6.61 Å². The Balaban J connectivity index is 1.69. The van der Waals surface area contributed by atoms with Crippen LogP contribution in [0.1, 0.15) is 24.1 Å². The molecule has 3 atom stereocenters. The molecule has 26 heavy (non-hydrogen) atoms. The number of carbonyl (C=O) groups excluding carboxylic acids is 1. The lowest BCUT2D eigenvalue weighted by Crippen LogP contribution is -2.37. The summed E-state index contributed by atoms with van der Waals surface area (Å²) >= 11 is 5.46. The molecule has 2 aromatic heterocycles. The summed E-state index contributed by atoms with van der Waals surface area (Å²) in [4.78, 5) is 26.7. The van der Waals surface area contributed by atoms with Crippen molar-refractivity contribution < 1.29 is 19.2 Å². The van der Waals surface area contributed by atoms with E-state index in [0.29, 0.717) is 23.0 Å². The molecule has 2 aliphatic rings. The summed E-state index contributed by atoms with van der Waals surface area (Å²) in [6.45, 7) is 2.13. The molecule has 2 bridgehead atoms. The van der Waals surface area contributed by atoms with Gasteiger partial charge in [-0.15, -0.1) is 0 Å². The second kappa shape index (κ2) is 6.07. The molecule has 0 amide bonds. The number of aryl methyl sites for hydroxylation is 1. The van der Waals surface area contributed by atoms with Gasteiger partial charge in [-0.2, -0.15) is 5.10 Å². The second-order valence-electron chi connectivity index (χ2n) is 6.29. The molecular weight excluding hydrogens is 364 g/mol. The third kappa shape index (κ3) is 2.57. The van der Waals surface area contributed by atoms with Gasteiger partial charge in [0.15, 0.2) is 28.7 Å². The van der Waals surface area contributed by atoms with Gasteiger partial charge in [0.2, 0.25) is 6.29 Å². The van der Waals surface area contributed by atoms with Crippen molar-refractivity contribution in [1.82, 2.24) is 23.9 Å². The summed E-state index contributed by atoms with van der Waals surface area (Å²) in [6, 6.07) is -0.354. The number of nitrogens with zero attached hydrogens (tertiary/aromatic N) is 6. The number of rotatable bonds is 4. The van der Waals surface area contributed by atoms with Crippen molar-refractivity contribution in [2.24, 2.45) is 7.05 Å². The fourth-order valence-electron chi connectivity index (χ4n) is 3.26. The first-order valence-corrected chi connectivity index (χ1v) is 8.38. The molecule has 2 aromatic rings. The molecule has 2 saturated heterocycles. The summed E-state index contributed by atoms with van der Waals surface area (Å²) in [5.41, 5.74) is 0. The quantitative estimate of drug-likeness (QED) is 0.431. The molecule has 4 heterocycles. The van der Waals surface area contributed by atoms with Crippen LogP contribution in [0.25, 0.3) is 0 Å². The zero-order chi connectivity index (χ0) is 18.6. The first-order valence-electron chi connectivity index (χ1n) is 7.97. The molecule has 0 saturated carbocycles. The Labute approximate surface area is 152 Å². The summed E-state index contributed by atoms with van der Waals surface area (Å²) in [5, 5.41) is 15.7. The van der Waals surface area contributed by atoms with E-state index in [1.54, 1.807) is 23.2 Å². The van der Waals surface area contributed by atoms with E-state index in [2.05, 4.69) is 10.1 Å². The van der Waals surface area contributed by atoms with Crippen LogP contribution in [0.15, 0.2) is 6.20 Å². The SMILES string of the molecule is Cc1ncc([N+](=O)[O-])n1Cc1nn([C@@H]2CC(=O)[C@H]3OC[C@@H]2O3)c(=S)n1C. The number of aromatic nitrogens is 5. The van der Waals surface area contributed by atoms with E-state index >= 15 is 0 Å². The molecular formula is C14H16N6O5S. The van der Waals surface area contributed by atoms with E-state index < -0.39 is 11.2 Å². The number of hydrogen-bond acceptors (Lipinski definition) is 8. The molecule has 0 N–H and O–H groups in total. The van der Waals surface area contributed by atoms with Gasteiger partial charge in [-0.25, -0.2) is 14.2 Å². The number of nitro groups is 1. The number of ketones is 1. The zero-order valence-electron chi connectivity index (χ0n) is 14.1. The molecule has 0 aliphatic carbocycles. The van der Waals surface area contributed by atoms with Crippen LogP contribution in [0.3, 0.4) is 0 Å². The maximum atomic E-state index is 12.0. The van der Waals surface area contributed by atoms with Crippen LogP contribution in [0.5, 0.6) is 0 Å². The van der Waals surface area contributed by atoms with E-state index in [4.69, 9.17) is 21.7 Å². The van der Waals surface area contributed by atoms with Crippen LogP contribution in [-0.4, -0.2) is 53.6 Å². The molecule has 0 radical (unpaired) electrons. The minimum absolute atomic E-state index is 0.119. The van der Waals surface area contributed by atoms with Gasteiger partial charge >= 0.3 is 5.82 Å². The van der Waals surface area contributed by atoms with Crippen LogP contribution in [0.2, 0.25) is 0 Å². The molecule has 2 aliphatic heterocycles. The van der Waals surface area contributed by atoms with Gasteiger partial charge < -0.3 is 24.2 Å².